The van der Waals surface area contributed by atoms with Crippen LogP contribution in [0, 0.1) is 0 Å². The second-order valence-electron chi connectivity index (χ2n) is 6.06. The van der Waals surface area contributed by atoms with Crippen LogP contribution >= 0.6 is 11.8 Å². The minimum Gasteiger partial charge on any atom is -0.507 e. The normalized spacial score (nSPS) is 16.6. The summed E-state index contributed by atoms with van der Waals surface area (Å²) in [6.45, 7) is 0. The molecule has 3 aromatic rings. The fourth-order valence-electron chi connectivity index (χ4n) is 2.89. The van der Waals surface area contributed by atoms with Gasteiger partial charge in [-0.05, 0) is 46.3 Å². The van der Waals surface area contributed by atoms with Crippen LogP contribution in [-0.2, 0) is 4.79 Å². The second-order valence-corrected chi connectivity index (χ2v) is 7.09. The molecule has 0 atom stereocenters. The van der Waals surface area contributed by atoms with Crippen molar-refractivity contribution in [2.24, 2.45) is 4.99 Å². The SMILES string of the molecule is O=C1NC(=Nc2ccc(C(=O)O)c(O)c2)S/C1=C\c1cccc2ccccc12. The number of hydrogen-bond donors (Lipinski definition) is 3. The van der Waals surface area contributed by atoms with E-state index in [1.54, 1.807) is 0 Å². The molecule has 1 saturated heterocycles. The van der Waals surface area contributed by atoms with Gasteiger partial charge in [-0.15, -0.1) is 0 Å². The van der Waals surface area contributed by atoms with E-state index < -0.39 is 5.97 Å². The number of carboxylic acids is 1. The Bertz CT molecular complexity index is 1180. The third-order valence-electron chi connectivity index (χ3n) is 4.20. The highest BCUT2D eigenvalue weighted by Gasteiger charge is 2.24. The highest BCUT2D eigenvalue weighted by Crippen LogP contribution is 2.31. The van der Waals surface area contributed by atoms with E-state index >= 15 is 0 Å². The summed E-state index contributed by atoms with van der Waals surface area (Å²) in [6.07, 6.45) is 1.82. The number of aromatic hydroxyl groups is 1. The molecular weight excluding hydrogens is 376 g/mol. The average Bonchev–Trinajstić information content (AvgIpc) is 3.00. The maximum atomic E-state index is 12.3. The van der Waals surface area contributed by atoms with Crippen molar-refractivity contribution in [2.45, 2.75) is 0 Å². The molecule has 4 rings (SSSR count). The van der Waals surface area contributed by atoms with Gasteiger partial charge < -0.3 is 15.5 Å². The predicted molar refractivity (Wildman–Crippen MR) is 110 cm³/mol. The Kier molecular flexibility index (Phi) is 4.58. The number of fused-ring (bicyclic) bond motifs is 1. The molecule has 1 heterocycles. The molecule has 0 bridgehead atoms. The second kappa shape index (κ2) is 7.21. The van der Waals surface area contributed by atoms with Gasteiger partial charge in [-0.25, -0.2) is 9.79 Å². The van der Waals surface area contributed by atoms with Crippen molar-refractivity contribution in [3.05, 3.63) is 76.7 Å². The third kappa shape index (κ3) is 3.47. The molecule has 138 valence electrons. The first-order chi connectivity index (χ1) is 13.5. The van der Waals surface area contributed by atoms with E-state index in [0.29, 0.717) is 15.8 Å². The minimum atomic E-state index is -1.22. The standard InChI is InChI=1S/C21H14N2O4S/c24-17-11-14(8-9-16(17)20(26)27)22-21-23-19(25)18(28-21)10-13-6-3-5-12-4-1-2-7-15(12)13/h1-11,24H,(H,26,27)(H,22,23,25)/b18-10-. The predicted octanol–water partition coefficient (Wildman–Crippen LogP) is 4.14. The van der Waals surface area contributed by atoms with Crippen molar-refractivity contribution < 1.29 is 19.8 Å². The number of aliphatic imine (C=N–C) groups is 1. The van der Waals surface area contributed by atoms with Crippen LogP contribution in [0.15, 0.2) is 70.6 Å². The number of nitrogens with zero attached hydrogens (tertiary/aromatic N) is 1. The molecule has 0 unspecified atom stereocenters. The molecular formula is C21H14N2O4S. The summed E-state index contributed by atoms with van der Waals surface area (Å²) >= 11 is 1.19. The molecule has 0 aromatic heterocycles. The molecule has 7 heteroatoms. The molecule has 0 radical (unpaired) electrons. The topological polar surface area (TPSA) is 99.0 Å². The van der Waals surface area contributed by atoms with E-state index in [9.17, 15) is 14.7 Å². The van der Waals surface area contributed by atoms with Crippen molar-refractivity contribution in [3.63, 3.8) is 0 Å². The monoisotopic (exact) mass is 390 g/mol. The van der Waals surface area contributed by atoms with Gasteiger partial charge in [0.25, 0.3) is 5.91 Å². The van der Waals surface area contributed by atoms with Crippen LogP contribution in [0.1, 0.15) is 15.9 Å². The summed E-state index contributed by atoms with van der Waals surface area (Å²) in [6, 6.07) is 17.8. The van der Waals surface area contributed by atoms with Crippen molar-refractivity contribution in [3.8, 4) is 5.75 Å². The van der Waals surface area contributed by atoms with Crippen molar-refractivity contribution in [1.29, 1.82) is 0 Å². The maximum absolute atomic E-state index is 12.3. The molecule has 0 saturated carbocycles. The molecule has 3 aromatic carbocycles. The Morgan fingerprint density at radius 2 is 1.86 bits per heavy atom. The van der Waals surface area contributed by atoms with Gasteiger partial charge >= 0.3 is 5.97 Å². The Morgan fingerprint density at radius 1 is 1.07 bits per heavy atom. The first-order valence-corrected chi connectivity index (χ1v) is 9.16. The number of benzene rings is 3. The fraction of sp³-hybridized carbons (Fsp3) is 0. The number of thioether (sulfide) groups is 1. The first-order valence-electron chi connectivity index (χ1n) is 8.35. The van der Waals surface area contributed by atoms with Crippen LogP contribution < -0.4 is 5.32 Å². The molecule has 3 N–H and O–H groups in total. The number of phenols is 1. The smallest absolute Gasteiger partial charge is 0.339 e. The van der Waals surface area contributed by atoms with Gasteiger partial charge in [0.1, 0.15) is 11.3 Å². The highest BCUT2D eigenvalue weighted by atomic mass is 32.2. The lowest BCUT2D eigenvalue weighted by Crippen LogP contribution is -2.19. The Labute approximate surface area is 164 Å². The molecule has 0 aliphatic carbocycles. The number of rotatable bonds is 3. The number of aromatic carboxylic acids is 1. The summed E-state index contributed by atoms with van der Waals surface area (Å²) < 4.78 is 0. The molecule has 1 aliphatic rings. The molecule has 1 fully saturated rings. The van der Waals surface area contributed by atoms with Crippen LogP contribution in [0.5, 0.6) is 5.75 Å². The highest BCUT2D eigenvalue weighted by molar-refractivity contribution is 8.18. The summed E-state index contributed by atoms with van der Waals surface area (Å²) in [7, 11) is 0. The van der Waals surface area contributed by atoms with E-state index in [1.807, 2.05) is 48.5 Å². The van der Waals surface area contributed by atoms with Crippen LogP contribution in [0.2, 0.25) is 0 Å². The van der Waals surface area contributed by atoms with E-state index in [2.05, 4.69) is 10.3 Å². The van der Waals surface area contributed by atoms with Crippen molar-refractivity contribution >= 4 is 51.3 Å². The fourth-order valence-corrected chi connectivity index (χ4v) is 3.72. The molecule has 28 heavy (non-hydrogen) atoms. The van der Waals surface area contributed by atoms with Crippen LogP contribution in [0.3, 0.4) is 0 Å². The van der Waals surface area contributed by atoms with Gasteiger partial charge in [0.15, 0.2) is 5.17 Å². The van der Waals surface area contributed by atoms with Crippen LogP contribution in [-0.4, -0.2) is 27.3 Å². The number of nitrogens with one attached hydrogen (secondary N) is 1. The maximum Gasteiger partial charge on any atom is 0.339 e. The van der Waals surface area contributed by atoms with Gasteiger partial charge in [-0.1, -0.05) is 42.5 Å². The molecule has 1 amide bonds. The molecule has 1 aliphatic heterocycles. The largest absolute Gasteiger partial charge is 0.507 e. The van der Waals surface area contributed by atoms with Gasteiger partial charge in [-0.3, -0.25) is 4.79 Å². The Morgan fingerprint density at radius 3 is 2.64 bits per heavy atom. The van der Waals surface area contributed by atoms with Crippen molar-refractivity contribution in [1.82, 2.24) is 5.32 Å². The number of hydrogen-bond acceptors (Lipinski definition) is 5. The lowest BCUT2D eigenvalue weighted by molar-refractivity contribution is -0.115. The summed E-state index contributed by atoms with van der Waals surface area (Å²) in [4.78, 5) is 28.1. The summed E-state index contributed by atoms with van der Waals surface area (Å²) in [5, 5.41) is 23.9. The van der Waals surface area contributed by atoms with Crippen LogP contribution in [0.4, 0.5) is 5.69 Å². The molecule has 6 nitrogen and oxygen atoms in total. The number of amides is 1. The van der Waals surface area contributed by atoms with Gasteiger partial charge in [0.2, 0.25) is 0 Å². The summed E-state index contributed by atoms with van der Waals surface area (Å²) in [5.74, 6) is -1.86. The Balaban J connectivity index is 1.64. The Hall–Kier alpha value is -3.58. The van der Waals surface area contributed by atoms with Gasteiger partial charge in [-0.2, -0.15) is 0 Å². The van der Waals surface area contributed by atoms with E-state index in [-0.39, 0.29) is 17.2 Å². The van der Waals surface area contributed by atoms with Crippen LogP contribution in [0.25, 0.3) is 16.8 Å². The minimum absolute atomic E-state index is 0.205. The lowest BCUT2D eigenvalue weighted by Gasteiger charge is -2.02. The lowest BCUT2D eigenvalue weighted by atomic mass is 10.0. The third-order valence-corrected chi connectivity index (χ3v) is 5.11. The van der Waals surface area contributed by atoms with E-state index in [0.717, 1.165) is 16.3 Å². The quantitative estimate of drug-likeness (QED) is 0.584. The number of carboxylic acid groups (broad SMARTS) is 1. The number of amidine groups is 1. The van der Waals surface area contributed by atoms with Gasteiger partial charge in [0.05, 0.1) is 10.6 Å². The zero-order valence-electron chi connectivity index (χ0n) is 14.4. The van der Waals surface area contributed by atoms with Crippen molar-refractivity contribution in [2.75, 3.05) is 0 Å². The molecule has 0 spiro atoms. The number of carbonyl (C=O) groups excluding carboxylic acids is 1. The zero-order valence-corrected chi connectivity index (χ0v) is 15.2. The summed E-state index contributed by atoms with van der Waals surface area (Å²) in [5.41, 5.74) is 1.07. The van der Waals surface area contributed by atoms with E-state index in [4.69, 9.17) is 5.11 Å². The first kappa shape index (κ1) is 17.8. The van der Waals surface area contributed by atoms with Gasteiger partial charge in [0, 0.05) is 6.07 Å². The average molecular weight is 390 g/mol. The zero-order chi connectivity index (χ0) is 19.7. The number of carbonyl (C=O) groups is 2. The van der Waals surface area contributed by atoms with E-state index in [1.165, 1.54) is 30.0 Å².